The molecule has 1 aromatic carbocycles. The van der Waals surface area contributed by atoms with Crippen LogP contribution in [-0.4, -0.2) is 82.6 Å². The lowest BCUT2D eigenvalue weighted by atomic mass is 10.0. The van der Waals surface area contributed by atoms with Crippen molar-refractivity contribution in [3.63, 3.8) is 0 Å². The van der Waals surface area contributed by atoms with Crippen molar-refractivity contribution in [1.29, 1.82) is 0 Å². The second-order valence-corrected chi connectivity index (χ2v) is 9.19. The van der Waals surface area contributed by atoms with Crippen molar-refractivity contribution in [3.8, 4) is 5.75 Å². The van der Waals surface area contributed by atoms with Crippen molar-refractivity contribution in [2.75, 3.05) is 30.6 Å². The van der Waals surface area contributed by atoms with Crippen molar-refractivity contribution in [2.45, 2.75) is 37.4 Å². The van der Waals surface area contributed by atoms with Gasteiger partial charge in [0.15, 0.2) is 0 Å². The average Bonchev–Trinajstić information content (AvgIpc) is 2.79. The van der Waals surface area contributed by atoms with Crippen LogP contribution in [0.4, 0.5) is 0 Å². The quantitative estimate of drug-likeness (QED) is 0.193. The highest BCUT2D eigenvalue weighted by molar-refractivity contribution is 7.98. The van der Waals surface area contributed by atoms with E-state index >= 15 is 0 Å². The Bertz CT molecular complexity index is 793. The predicted molar refractivity (Wildman–Crippen MR) is 130 cm³/mol. The van der Waals surface area contributed by atoms with Crippen LogP contribution in [-0.2, 0) is 25.6 Å². The summed E-state index contributed by atoms with van der Waals surface area (Å²) >= 11 is 2.95. The lowest BCUT2D eigenvalue weighted by molar-refractivity contribution is -0.142. The second kappa shape index (κ2) is 15.4. The smallest absolute Gasteiger partial charge is 0.326 e. The summed E-state index contributed by atoms with van der Waals surface area (Å²) in [6.45, 7) is -0.282. The van der Waals surface area contributed by atoms with Crippen LogP contribution >= 0.6 is 23.5 Å². The summed E-state index contributed by atoms with van der Waals surface area (Å²) in [6.07, 6.45) is 4.32. The summed E-state index contributed by atoms with van der Waals surface area (Å²) in [5, 5.41) is 26.6. The number of benzene rings is 1. The van der Waals surface area contributed by atoms with Gasteiger partial charge in [-0.05, 0) is 54.6 Å². The summed E-state index contributed by atoms with van der Waals surface area (Å²) in [6, 6.07) is 3.02. The topological polar surface area (TPSA) is 171 Å². The van der Waals surface area contributed by atoms with E-state index in [1.165, 1.54) is 35.7 Å². The number of carbonyl (C=O) groups excluding carboxylic acids is 3. The first-order valence-corrected chi connectivity index (χ1v) is 13.1. The zero-order valence-electron chi connectivity index (χ0n) is 18.7. The predicted octanol–water partition coefficient (Wildman–Crippen LogP) is -0.0614. The molecule has 12 heteroatoms. The van der Waals surface area contributed by atoms with E-state index in [2.05, 4.69) is 16.0 Å². The molecule has 7 N–H and O–H groups in total. The molecule has 33 heavy (non-hydrogen) atoms. The number of nitrogens with one attached hydrogen (secondary N) is 3. The minimum atomic E-state index is -1.17. The Balaban J connectivity index is 3.07. The molecule has 0 bridgehead atoms. The van der Waals surface area contributed by atoms with Gasteiger partial charge in [0.1, 0.15) is 23.9 Å². The number of aliphatic carboxylic acids is 1. The van der Waals surface area contributed by atoms with Gasteiger partial charge in [0.2, 0.25) is 17.7 Å². The standard InChI is InChI=1S/C21H32N4O6S2/c1-32-9-7-15(23-18(27)12-22)19(28)25-17(11-13-3-5-14(26)6-4-13)20(29)24-16(21(30)31)8-10-33-2/h3-6,15-17,26H,7-12,22H2,1-2H3,(H,23,27)(H,24,29)(H,25,28)(H,30,31). The number of thioether (sulfide) groups is 2. The second-order valence-electron chi connectivity index (χ2n) is 7.22. The maximum atomic E-state index is 13.0. The minimum absolute atomic E-state index is 0.0495. The fraction of sp³-hybridized carbons (Fsp3) is 0.524. The summed E-state index contributed by atoms with van der Waals surface area (Å²) in [5.74, 6) is -1.71. The molecular weight excluding hydrogens is 468 g/mol. The Morgan fingerprint density at radius 1 is 0.879 bits per heavy atom. The van der Waals surface area contributed by atoms with Crippen LogP contribution in [0.5, 0.6) is 5.75 Å². The minimum Gasteiger partial charge on any atom is -0.508 e. The molecule has 0 aromatic heterocycles. The lowest BCUT2D eigenvalue weighted by Gasteiger charge is -2.24. The molecule has 3 unspecified atom stereocenters. The zero-order chi connectivity index (χ0) is 24.8. The van der Waals surface area contributed by atoms with E-state index in [1.54, 1.807) is 12.1 Å². The molecule has 184 valence electrons. The number of phenols is 1. The number of carboxylic acids is 1. The Morgan fingerprint density at radius 3 is 1.91 bits per heavy atom. The molecule has 0 saturated carbocycles. The van der Waals surface area contributed by atoms with Crippen molar-refractivity contribution >= 4 is 47.2 Å². The number of hydrogen-bond donors (Lipinski definition) is 6. The van der Waals surface area contributed by atoms with Crippen molar-refractivity contribution in [1.82, 2.24) is 16.0 Å². The summed E-state index contributed by atoms with van der Waals surface area (Å²) in [4.78, 5) is 49.2. The third-order valence-corrected chi connectivity index (χ3v) is 5.97. The molecule has 0 fully saturated rings. The van der Waals surface area contributed by atoms with Gasteiger partial charge in [0, 0.05) is 6.42 Å². The highest BCUT2D eigenvalue weighted by atomic mass is 32.2. The van der Waals surface area contributed by atoms with Crippen molar-refractivity contribution < 1.29 is 29.4 Å². The number of phenolic OH excluding ortho intramolecular Hbond substituents is 1. The third-order valence-electron chi connectivity index (χ3n) is 4.68. The van der Waals surface area contributed by atoms with E-state index in [-0.39, 0.29) is 25.1 Å². The fourth-order valence-corrected chi connectivity index (χ4v) is 3.82. The molecular formula is C21H32N4O6S2. The molecule has 0 aliphatic carbocycles. The van der Waals surface area contributed by atoms with Crippen LogP contribution in [0.3, 0.4) is 0 Å². The molecule has 0 radical (unpaired) electrons. The number of rotatable bonds is 15. The van der Waals surface area contributed by atoms with Gasteiger partial charge in [-0.25, -0.2) is 4.79 Å². The van der Waals surface area contributed by atoms with Crippen LogP contribution in [0.25, 0.3) is 0 Å². The molecule has 10 nitrogen and oxygen atoms in total. The maximum absolute atomic E-state index is 13.0. The third kappa shape index (κ3) is 10.8. The number of aromatic hydroxyl groups is 1. The normalized spacial score (nSPS) is 13.4. The molecule has 0 saturated heterocycles. The number of carbonyl (C=O) groups is 4. The average molecular weight is 501 g/mol. The highest BCUT2D eigenvalue weighted by Gasteiger charge is 2.29. The largest absolute Gasteiger partial charge is 0.508 e. The first kappa shape index (κ1) is 28.6. The van der Waals surface area contributed by atoms with E-state index in [0.29, 0.717) is 23.5 Å². The van der Waals surface area contributed by atoms with Crippen LogP contribution in [0.1, 0.15) is 18.4 Å². The number of hydrogen-bond acceptors (Lipinski definition) is 8. The van der Waals surface area contributed by atoms with Gasteiger partial charge in [-0.2, -0.15) is 23.5 Å². The lowest BCUT2D eigenvalue weighted by Crippen LogP contribution is -2.57. The summed E-state index contributed by atoms with van der Waals surface area (Å²) < 4.78 is 0. The van der Waals surface area contributed by atoms with Crippen molar-refractivity contribution in [2.24, 2.45) is 5.73 Å². The van der Waals surface area contributed by atoms with Crippen LogP contribution in [0.2, 0.25) is 0 Å². The van der Waals surface area contributed by atoms with Gasteiger partial charge >= 0.3 is 5.97 Å². The van der Waals surface area contributed by atoms with Gasteiger partial charge in [-0.15, -0.1) is 0 Å². The number of nitrogens with two attached hydrogens (primary N) is 1. The van der Waals surface area contributed by atoms with Gasteiger partial charge < -0.3 is 31.9 Å². The molecule has 3 atom stereocenters. The Kier molecular flexibility index (Phi) is 13.3. The highest BCUT2D eigenvalue weighted by Crippen LogP contribution is 2.12. The van der Waals surface area contributed by atoms with Gasteiger partial charge in [0.25, 0.3) is 0 Å². The Morgan fingerprint density at radius 2 is 1.39 bits per heavy atom. The van der Waals surface area contributed by atoms with Gasteiger partial charge in [-0.3, -0.25) is 14.4 Å². The maximum Gasteiger partial charge on any atom is 0.326 e. The zero-order valence-corrected chi connectivity index (χ0v) is 20.3. The molecule has 0 aliphatic rings. The Labute approximate surface area is 201 Å². The van der Waals surface area contributed by atoms with Crippen LogP contribution < -0.4 is 21.7 Å². The van der Waals surface area contributed by atoms with E-state index < -0.39 is 41.8 Å². The Hall–Kier alpha value is -2.44. The molecule has 3 amide bonds. The fourth-order valence-electron chi connectivity index (χ4n) is 2.87. The molecule has 1 rings (SSSR count). The van der Waals surface area contributed by atoms with E-state index in [9.17, 15) is 29.4 Å². The van der Waals surface area contributed by atoms with E-state index in [4.69, 9.17) is 5.73 Å². The summed E-state index contributed by atoms with van der Waals surface area (Å²) in [5.41, 5.74) is 5.99. The van der Waals surface area contributed by atoms with Gasteiger partial charge in [-0.1, -0.05) is 12.1 Å². The molecule has 0 aliphatic heterocycles. The van der Waals surface area contributed by atoms with Gasteiger partial charge in [0.05, 0.1) is 6.54 Å². The van der Waals surface area contributed by atoms with E-state index in [0.717, 1.165) is 0 Å². The van der Waals surface area contributed by atoms with Crippen molar-refractivity contribution in [3.05, 3.63) is 29.8 Å². The number of amides is 3. The van der Waals surface area contributed by atoms with E-state index in [1.807, 2.05) is 12.5 Å². The SMILES string of the molecule is CSCCC(NC(=O)C(Cc1ccc(O)cc1)NC(=O)C(CCSC)NC(=O)CN)C(=O)O. The first-order valence-electron chi connectivity index (χ1n) is 10.3. The molecule has 0 spiro atoms. The van der Waals surface area contributed by atoms with Crippen LogP contribution in [0.15, 0.2) is 24.3 Å². The first-order chi connectivity index (χ1) is 15.7. The number of carboxylic acid groups (broad SMARTS) is 1. The summed E-state index contributed by atoms with van der Waals surface area (Å²) in [7, 11) is 0. The monoisotopic (exact) mass is 500 g/mol. The molecule has 0 heterocycles. The van der Waals surface area contributed by atoms with Crippen LogP contribution in [0, 0.1) is 0 Å². The molecule has 1 aromatic rings.